The first-order chi connectivity index (χ1) is 46.1. The van der Waals surface area contributed by atoms with Crippen LogP contribution in [0.25, 0.3) is 0 Å². The zero-order valence-electron chi connectivity index (χ0n) is 53.5. The minimum absolute atomic E-state index is 0. The first-order valence-electron chi connectivity index (χ1n) is 31.1. The molecule has 0 bridgehead atoms. The summed E-state index contributed by atoms with van der Waals surface area (Å²) in [6.07, 6.45) is 0. The van der Waals surface area contributed by atoms with Crippen molar-refractivity contribution in [3.63, 3.8) is 0 Å². The van der Waals surface area contributed by atoms with Gasteiger partial charge < -0.3 is 49.3 Å². The van der Waals surface area contributed by atoms with E-state index in [4.69, 9.17) is 44.9 Å². The molecule has 2 aliphatic heterocycles. The van der Waals surface area contributed by atoms with Crippen molar-refractivity contribution in [3.05, 3.63) is 241 Å². The summed E-state index contributed by atoms with van der Waals surface area (Å²) in [6.45, 7) is 19.8. The van der Waals surface area contributed by atoms with Crippen molar-refractivity contribution in [1.29, 1.82) is 0 Å². The summed E-state index contributed by atoms with van der Waals surface area (Å²) in [5.41, 5.74) is -6.07. The third-order valence-electron chi connectivity index (χ3n) is 14.6. The van der Waals surface area contributed by atoms with Gasteiger partial charge in [-0.15, -0.1) is 0 Å². The van der Waals surface area contributed by atoms with E-state index in [1.54, 1.807) is 0 Å². The van der Waals surface area contributed by atoms with Gasteiger partial charge in [0.25, 0.3) is 0 Å². The standard InChI is InChI=1S/2C34H40N4O2.2CHF3O3S.2Ag/c2*1-3-7-31(8-4-1)39-33-15-11-29(12-16-33)27-37-23-19-35-21-25-38(26-22-36-20-24-37)28-30-13-17-34(18-14-30)40-32-9-5-2-6-10-32;2*2-1(3,4)8(5,6)7;;/h2*1-18,35-36H,19-28H2;2*(H,5,6,7);;/q;;;;2*+1/p-2. The van der Waals surface area contributed by atoms with Crippen LogP contribution < -0.4 is 40.2 Å². The Kier molecular flexibility index (Phi) is 36.3. The molecule has 0 amide bonds. The maximum Gasteiger partial charge on any atom is 1.00 e. The number of nitrogens with zero attached hydrogens (tertiary/aromatic N) is 4. The van der Waals surface area contributed by atoms with Crippen molar-refractivity contribution in [2.45, 2.75) is 37.2 Å². The van der Waals surface area contributed by atoms with Crippen molar-refractivity contribution in [2.24, 2.45) is 0 Å². The quantitative estimate of drug-likeness (QED) is 0.0306. The number of alkyl halides is 6. The number of para-hydroxylation sites is 4. The summed E-state index contributed by atoms with van der Waals surface area (Å²) >= 11 is 0. The molecule has 536 valence electrons. The van der Waals surface area contributed by atoms with E-state index >= 15 is 0 Å². The van der Waals surface area contributed by atoms with Crippen LogP contribution in [0.1, 0.15) is 22.3 Å². The minimum atomic E-state index is -6.09. The Bertz CT molecular complexity index is 3220. The number of hydrogen-bond donors (Lipinski definition) is 4. The van der Waals surface area contributed by atoms with Crippen LogP contribution in [0.5, 0.6) is 46.0 Å². The second-order valence-electron chi connectivity index (χ2n) is 22.1. The fraction of sp³-hybridized carbons (Fsp3) is 0.314. The molecule has 28 heteroatoms. The first-order valence-corrected chi connectivity index (χ1v) is 34.0. The second kappa shape index (κ2) is 43.2. The van der Waals surface area contributed by atoms with E-state index in [2.05, 4.69) is 138 Å². The predicted octanol–water partition coefficient (Wildman–Crippen LogP) is 11.6. The summed E-state index contributed by atoms with van der Waals surface area (Å²) in [5.74, 6) is 6.92. The van der Waals surface area contributed by atoms with Crippen LogP contribution in [0.15, 0.2) is 218 Å². The topological polar surface area (TPSA) is 212 Å². The zero-order chi connectivity index (χ0) is 68.5. The Morgan fingerprint density at radius 1 is 0.286 bits per heavy atom. The van der Waals surface area contributed by atoms with Crippen molar-refractivity contribution < 1.29 is 116 Å². The molecule has 0 radical (unpaired) electrons. The molecule has 0 aromatic heterocycles. The van der Waals surface area contributed by atoms with Gasteiger partial charge in [0.05, 0.1) is 0 Å². The average molecular weight is 1590 g/mol. The summed E-state index contributed by atoms with van der Waals surface area (Å²) in [6, 6.07) is 73.6. The number of halogens is 6. The van der Waals surface area contributed by atoms with Crippen molar-refractivity contribution in [3.8, 4) is 46.0 Å². The third kappa shape index (κ3) is 32.2. The summed E-state index contributed by atoms with van der Waals surface area (Å²) in [5, 5.41) is 14.7. The van der Waals surface area contributed by atoms with Gasteiger partial charge >= 0.3 is 55.8 Å². The molecule has 2 aliphatic rings. The van der Waals surface area contributed by atoms with Gasteiger partial charge in [0.1, 0.15) is 46.0 Å². The smallest absolute Gasteiger partial charge is 0.741 e. The Morgan fingerprint density at radius 3 is 0.571 bits per heavy atom. The molecule has 2 fully saturated rings. The Morgan fingerprint density at radius 2 is 0.429 bits per heavy atom. The fourth-order valence-corrected chi connectivity index (χ4v) is 9.66. The van der Waals surface area contributed by atoms with Crippen LogP contribution in [0.4, 0.5) is 26.3 Å². The van der Waals surface area contributed by atoms with Gasteiger partial charge in [-0.05, 0) is 119 Å². The Balaban J connectivity index is 0.000000284. The number of rotatable bonds is 16. The molecule has 0 aliphatic carbocycles. The molecule has 2 heterocycles. The average Bonchev–Trinajstić information content (AvgIpc) is 0.941. The molecule has 98 heavy (non-hydrogen) atoms. The van der Waals surface area contributed by atoms with Crippen LogP contribution in [-0.2, 0) is 91.2 Å². The Hall–Kier alpha value is -6.48. The maximum absolute atomic E-state index is 10.7. The fourth-order valence-electron chi connectivity index (χ4n) is 9.66. The molecule has 0 unspecified atom stereocenters. The predicted molar refractivity (Wildman–Crippen MR) is 356 cm³/mol. The van der Waals surface area contributed by atoms with Gasteiger partial charge in [0.15, 0.2) is 20.2 Å². The van der Waals surface area contributed by atoms with Crippen LogP contribution in [0.3, 0.4) is 0 Å². The summed E-state index contributed by atoms with van der Waals surface area (Å²) in [4.78, 5) is 10.1. The van der Waals surface area contributed by atoms with Gasteiger partial charge in [0.2, 0.25) is 0 Å². The number of ether oxygens (including phenoxy) is 4. The largest absolute Gasteiger partial charge is 1.00 e. The molecule has 2 saturated heterocycles. The van der Waals surface area contributed by atoms with E-state index in [1.807, 2.05) is 121 Å². The van der Waals surface area contributed by atoms with E-state index in [9.17, 15) is 26.3 Å². The van der Waals surface area contributed by atoms with Gasteiger partial charge in [-0.3, -0.25) is 19.6 Å². The number of hydrogen-bond acceptors (Lipinski definition) is 18. The number of nitrogens with one attached hydrogen (secondary N) is 4. The molecule has 0 atom stereocenters. The normalized spacial score (nSPS) is 15.3. The van der Waals surface area contributed by atoms with Crippen molar-refractivity contribution in [2.75, 3.05) is 105 Å². The Labute approximate surface area is 601 Å². The molecule has 10 rings (SSSR count). The van der Waals surface area contributed by atoms with Crippen LogP contribution >= 0.6 is 0 Å². The van der Waals surface area contributed by atoms with E-state index in [-0.39, 0.29) is 44.8 Å². The van der Waals surface area contributed by atoms with E-state index in [0.717, 1.165) is 177 Å². The van der Waals surface area contributed by atoms with Gasteiger partial charge in [-0.25, -0.2) is 16.8 Å². The molecule has 18 nitrogen and oxygen atoms in total. The van der Waals surface area contributed by atoms with Crippen molar-refractivity contribution >= 4 is 20.2 Å². The zero-order valence-corrected chi connectivity index (χ0v) is 58.1. The van der Waals surface area contributed by atoms with Gasteiger partial charge in [-0.1, -0.05) is 121 Å². The minimum Gasteiger partial charge on any atom is -0.741 e. The molecule has 8 aromatic carbocycles. The first kappa shape index (κ1) is 82.2. The monoisotopic (exact) mass is 1580 g/mol. The second-order valence-corrected chi connectivity index (χ2v) is 24.9. The summed E-state index contributed by atoms with van der Waals surface area (Å²) < 4.78 is 142. The SMILES string of the molecule is O=S(=O)([O-])C(F)(F)F.O=S(=O)([O-])C(F)(F)F.[Ag+].[Ag+].c1ccc(Oc2ccc(CN3CCNCCN(Cc4ccc(Oc5ccccc5)cc4)CCNCC3)cc2)cc1.c1ccc(Oc2ccc(CN3CCNCCN(Cc4ccc(Oc5ccccc5)cc4)CCNCC3)cc2)cc1. The third-order valence-corrected chi connectivity index (χ3v) is 15.8. The summed E-state index contributed by atoms with van der Waals surface area (Å²) in [7, 11) is -12.2. The van der Waals surface area contributed by atoms with E-state index in [1.165, 1.54) is 22.3 Å². The van der Waals surface area contributed by atoms with Gasteiger partial charge in [-0.2, -0.15) is 26.3 Å². The molecular weight excluding hydrogens is 1510 g/mol. The van der Waals surface area contributed by atoms with E-state index in [0.29, 0.717) is 0 Å². The molecule has 0 spiro atoms. The van der Waals surface area contributed by atoms with Crippen LogP contribution in [0.2, 0.25) is 0 Å². The van der Waals surface area contributed by atoms with Crippen molar-refractivity contribution in [1.82, 2.24) is 40.9 Å². The molecule has 4 N–H and O–H groups in total. The number of benzene rings is 8. The van der Waals surface area contributed by atoms with Crippen LogP contribution in [0, 0.1) is 0 Å². The maximum atomic E-state index is 10.7. The molecule has 0 saturated carbocycles. The van der Waals surface area contributed by atoms with Crippen LogP contribution in [-0.4, -0.2) is 161 Å². The molecule has 8 aromatic rings. The van der Waals surface area contributed by atoms with E-state index < -0.39 is 31.3 Å². The molecular formula is C70H80Ag2F6N8O10S2. The van der Waals surface area contributed by atoms with Gasteiger partial charge in [0, 0.05) is 131 Å².